The maximum absolute atomic E-state index is 6.44. The number of nitrogens with one attached hydrogen (secondary N) is 2. The lowest BCUT2D eigenvalue weighted by Gasteiger charge is -2.28. The lowest BCUT2D eigenvalue weighted by Crippen LogP contribution is -2.36. The van der Waals surface area contributed by atoms with Crippen LogP contribution >= 0.6 is 23.2 Å². The highest BCUT2D eigenvalue weighted by Crippen LogP contribution is 2.38. The van der Waals surface area contributed by atoms with E-state index in [2.05, 4.69) is 35.7 Å². The van der Waals surface area contributed by atoms with Gasteiger partial charge in [-0.25, -0.2) is 0 Å². The van der Waals surface area contributed by atoms with Gasteiger partial charge in [-0.3, -0.25) is 10.4 Å². The van der Waals surface area contributed by atoms with Gasteiger partial charge < -0.3 is 5.32 Å². The molecule has 0 saturated carbocycles. The number of nitrogens with zero attached hydrogens (tertiary/aromatic N) is 1. The van der Waals surface area contributed by atoms with Gasteiger partial charge >= 0.3 is 0 Å². The SMILES string of the molecule is CC(C)N1NC2=CCNCCC2=C1c1ccc(Cl)cc1Cl. The summed E-state index contributed by atoms with van der Waals surface area (Å²) in [6, 6.07) is 6.04. The van der Waals surface area contributed by atoms with Crippen molar-refractivity contribution < 1.29 is 0 Å². The van der Waals surface area contributed by atoms with E-state index < -0.39 is 0 Å². The minimum absolute atomic E-state index is 0.333. The molecule has 2 aliphatic heterocycles. The fourth-order valence-electron chi connectivity index (χ4n) is 2.80. The Labute approximate surface area is 135 Å². The molecule has 2 N–H and O–H groups in total. The molecule has 0 unspecified atom stereocenters. The zero-order valence-electron chi connectivity index (χ0n) is 12.2. The summed E-state index contributed by atoms with van der Waals surface area (Å²) in [4.78, 5) is 0. The molecule has 3 nitrogen and oxygen atoms in total. The van der Waals surface area contributed by atoms with E-state index in [4.69, 9.17) is 23.2 Å². The van der Waals surface area contributed by atoms with Crippen molar-refractivity contribution in [3.05, 3.63) is 51.2 Å². The van der Waals surface area contributed by atoms with Crippen LogP contribution in [0.5, 0.6) is 0 Å². The maximum atomic E-state index is 6.44. The second-order valence-electron chi connectivity index (χ2n) is 5.60. The second kappa shape index (κ2) is 5.91. The van der Waals surface area contributed by atoms with Gasteiger partial charge in [0.25, 0.3) is 0 Å². The number of hydrogen-bond donors (Lipinski definition) is 2. The van der Waals surface area contributed by atoms with Crippen LogP contribution in [0.1, 0.15) is 25.8 Å². The average Bonchev–Trinajstić information content (AvgIpc) is 2.63. The van der Waals surface area contributed by atoms with Gasteiger partial charge in [-0.1, -0.05) is 23.2 Å². The molecule has 1 aromatic carbocycles. The first kappa shape index (κ1) is 14.8. The van der Waals surface area contributed by atoms with E-state index >= 15 is 0 Å². The van der Waals surface area contributed by atoms with Gasteiger partial charge in [0.1, 0.15) is 0 Å². The molecular weight excluding hydrogens is 305 g/mol. The standard InChI is InChI=1S/C16H19Cl2N3/c1-10(2)21-16(12-4-3-11(17)9-14(12)18)13-5-7-19-8-6-15(13)20-21/h3-4,6,9-10,19-20H,5,7-8H2,1-2H3. The van der Waals surface area contributed by atoms with Crippen LogP contribution in [-0.2, 0) is 0 Å². The summed E-state index contributed by atoms with van der Waals surface area (Å²) in [6.07, 6.45) is 3.19. The number of hydrazine groups is 1. The predicted octanol–water partition coefficient (Wildman–Crippen LogP) is 3.81. The zero-order valence-corrected chi connectivity index (χ0v) is 13.7. The van der Waals surface area contributed by atoms with Gasteiger partial charge in [-0.2, -0.15) is 0 Å². The Hall–Kier alpha value is -1.16. The van der Waals surface area contributed by atoms with E-state index in [0.717, 1.165) is 25.1 Å². The van der Waals surface area contributed by atoms with Crippen molar-refractivity contribution in [1.82, 2.24) is 15.8 Å². The van der Waals surface area contributed by atoms with Crippen LogP contribution in [0.4, 0.5) is 0 Å². The molecule has 0 atom stereocenters. The third-order valence-corrected chi connectivity index (χ3v) is 4.35. The normalized spacial score (nSPS) is 18.5. The maximum Gasteiger partial charge on any atom is 0.0715 e. The molecule has 0 radical (unpaired) electrons. The first-order valence-electron chi connectivity index (χ1n) is 7.23. The highest BCUT2D eigenvalue weighted by atomic mass is 35.5. The summed E-state index contributed by atoms with van der Waals surface area (Å²) in [5, 5.41) is 6.94. The molecule has 21 heavy (non-hydrogen) atoms. The molecule has 2 aliphatic rings. The van der Waals surface area contributed by atoms with Crippen molar-refractivity contribution in [3.8, 4) is 0 Å². The van der Waals surface area contributed by atoms with E-state index in [1.807, 2.05) is 12.1 Å². The van der Waals surface area contributed by atoms with Gasteiger partial charge in [0, 0.05) is 28.7 Å². The highest BCUT2D eigenvalue weighted by Gasteiger charge is 2.30. The molecule has 0 fully saturated rings. The number of fused-ring (bicyclic) bond motifs is 1. The third kappa shape index (κ3) is 2.78. The fraction of sp³-hybridized carbons (Fsp3) is 0.375. The Morgan fingerprint density at radius 2 is 2.05 bits per heavy atom. The highest BCUT2D eigenvalue weighted by molar-refractivity contribution is 6.35. The molecule has 0 amide bonds. The summed E-state index contributed by atoms with van der Waals surface area (Å²) in [7, 11) is 0. The lowest BCUT2D eigenvalue weighted by molar-refractivity contribution is 0.282. The molecule has 3 rings (SSSR count). The predicted molar refractivity (Wildman–Crippen MR) is 89.1 cm³/mol. The number of allylic oxidation sites excluding steroid dienone is 1. The van der Waals surface area contributed by atoms with Crippen LogP contribution in [0, 0.1) is 0 Å². The van der Waals surface area contributed by atoms with Crippen LogP contribution in [-0.4, -0.2) is 24.1 Å². The van der Waals surface area contributed by atoms with E-state index in [1.54, 1.807) is 6.07 Å². The molecular formula is C16H19Cl2N3. The van der Waals surface area contributed by atoms with Crippen molar-refractivity contribution in [3.63, 3.8) is 0 Å². The van der Waals surface area contributed by atoms with Crippen molar-refractivity contribution >= 4 is 28.9 Å². The topological polar surface area (TPSA) is 27.3 Å². The quantitative estimate of drug-likeness (QED) is 0.866. The van der Waals surface area contributed by atoms with E-state index in [9.17, 15) is 0 Å². The van der Waals surface area contributed by atoms with E-state index in [-0.39, 0.29) is 0 Å². The van der Waals surface area contributed by atoms with Crippen molar-refractivity contribution in [2.24, 2.45) is 0 Å². The Balaban J connectivity index is 2.15. The van der Waals surface area contributed by atoms with Crippen molar-refractivity contribution in [1.29, 1.82) is 0 Å². The summed E-state index contributed by atoms with van der Waals surface area (Å²) in [5.74, 6) is 0. The molecule has 0 spiro atoms. The Bertz CT molecular complexity index is 620. The summed E-state index contributed by atoms with van der Waals surface area (Å²) >= 11 is 12.5. The first-order valence-corrected chi connectivity index (χ1v) is 7.99. The summed E-state index contributed by atoms with van der Waals surface area (Å²) in [6.45, 7) is 6.19. The Morgan fingerprint density at radius 3 is 2.76 bits per heavy atom. The smallest absolute Gasteiger partial charge is 0.0715 e. The van der Waals surface area contributed by atoms with Gasteiger partial charge in [0.2, 0.25) is 0 Å². The average molecular weight is 324 g/mol. The minimum Gasteiger partial charge on any atom is -0.313 e. The minimum atomic E-state index is 0.333. The third-order valence-electron chi connectivity index (χ3n) is 3.80. The lowest BCUT2D eigenvalue weighted by atomic mass is 10.0. The molecule has 0 aliphatic carbocycles. The van der Waals surface area contributed by atoms with Crippen molar-refractivity contribution in [2.75, 3.05) is 13.1 Å². The number of hydrogen-bond acceptors (Lipinski definition) is 3. The zero-order chi connectivity index (χ0) is 15.0. The molecule has 5 heteroatoms. The van der Waals surface area contributed by atoms with Crippen LogP contribution in [0.15, 0.2) is 35.5 Å². The Morgan fingerprint density at radius 1 is 1.24 bits per heavy atom. The van der Waals surface area contributed by atoms with Gasteiger partial charge in [0.05, 0.1) is 16.4 Å². The fourth-order valence-corrected chi connectivity index (χ4v) is 3.30. The van der Waals surface area contributed by atoms with E-state index in [0.29, 0.717) is 16.1 Å². The number of benzene rings is 1. The summed E-state index contributed by atoms with van der Waals surface area (Å²) < 4.78 is 0. The van der Waals surface area contributed by atoms with Crippen LogP contribution in [0.25, 0.3) is 5.70 Å². The molecule has 0 saturated heterocycles. The summed E-state index contributed by atoms with van der Waals surface area (Å²) in [5.41, 5.74) is 8.22. The molecule has 0 bridgehead atoms. The van der Waals surface area contributed by atoms with Crippen LogP contribution in [0.2, 0.25) is 10.0 Å². The van der Waals surface area contributed by atoms with E-state index in [1.165, 1.54) is 17.0 Å². The number of rotatable bonds is 2. The van der Waals surface area contributed by atoms with Gasteiger partial charge in [0.15, 0.2) is 0 Å². The molecule has 112 valence electrons. The molecule has 2 heterocycles. The van der Waals surface area contributed by atoms with Crippen LogP contribution in [0.3, 0.4) is 0 Å². The largest absolute Gasteiger partial charge is 0.313 e. The number of halogens is 2. The molecule has 0 aromatic heterocycles. The van der Waals surface area contributed by atoms with Gasteiger partial charge in [-0.05, 0) is 51.1 Å². The monoisotopic (exact) mass is 323 g/mol. The second-order valence-corrected chi connectivity index (χ2v) is 6.44. The van der Waals surface area contributed by atoms with Gasteiger partial charge in [-0.15, -0.1) is 0 Å². The Kier molecular flexibility index (Phi) is 4.16. The van der Waals surface area contributed by atoms with Crippen LogP contribution < -0.4 is 10.7 Å². The first-order chi connectivity index (χ1) is 10.1. The molecule has 1 aromatic rings. The van der Waals surface area contributed by atoms with Crippen molar-refractivity contribution in [2.45, 2.75) is 26.3 Å².